The van der Waals surface area contributed by atoms with Gasteiger partial charge in [0.25, 0.3) is 0 Å². The number of aliphatic hydroxyl groups is 2. The number of ether oxygens (including phenoxy) is 2. The second-order valence-electron chi connectivity index (χ2n) is 7.06. The molecular weight excluding hydrogens is 349 g/mol. The van der Waals surface area contributed by atoms with Crippen LogP contribution in [-0.4, -0.2) is 47.5 Å². The number of aliphatic hydroxyl groups excluding tert-OH is 1. The summed E-state index contributed by atoms with van der Waals surface area (Å²) < 4.78 is 25.0. The SMILES string of the molecule is COc1ccc(CN2CCC[C@@](O)(CO)C2)cc1OCc1ccccc1F. The van der Waals surface area contributed by atoms with E-state index in [0.29, 0.717) is 36.6 Å². The molecule has 0 spiro atoms. The average molecular weight is 375 g/mol. The van der Waals surface area contributed by atoms with Crippen LogP contribution < -0.4 is 9.47 Å². The zero-order valence-corrected chi connectivity index (χ0v) is 15.5. The maximum absolute atomic E-state index is 13.8. The maximum atomic E-state index is 13.8. The van der Waals surface area contributed by atoms with E-state index in [2.05, 4.69) is 4.90 Å². The lowest BCUT2D eigenvalue weighted by molar-refractivity contribution is -0.0687. The van der Waals surface area contributed by atoms with E-state index in [1.807, 2.05) is 18.2 Å². The predicted octanol–water partition coefficient (Wildman–Crippen LogP) is 2.73. The fraction of sp³-hybridized carbons (Fsp3) is 0.429. The summed E-state index contributed by atoms with van der Waals surface area (Å²) in [4.78, 5) is 2.11. The first-order valence-electron chi connectivity index (χ1n) is 9.12. The molecule has 27 heavy (non-hydrogen) atoms. The first-order valence-corrected chi connectivity index (χ1v) is 9.12. The van der Waals surface area contributed by atoms with E-state index < -0.39 is 5.60 Å². The summed E-state index contributed by atoms with van der Waals surface area (Å²) in [6, 6.07) is 12.2. The molecule has 0 aliphatic carbocycles. The molecule has 3 rings (SSSR count). The number of halogens is 1. The van der Waals surface area contributed by atoms with E-state index in [-0.39, 0.29) is 19.0 Å². The van der Waals surface area contributed by atoms with E-state index in [1.54, 1.807) is 25.3 Å². The van der Waals surface area contributed by atoms with Gasteiger partial charge in [-0.3, -0.25) is 4.90 Å². The Kier molecular flexibility index (Phi) is 6.31. The van der Waals surface area contributed by atoms with E-state index >= 15 is 0 Å². The van der Waals surface area contributed by atoms with Crippen molar-refractivity contribution in [3.63, 3.8) is 0 Å². The smallest absolute Gasteiger partial charge is 0.161 e. The fourth-order valence-electron chi connectivity index (χ4n) is 3.43. The minimum Gasteiger partial charge on any atom is -0.493 e. The van der Waals surface area contributed by atoms with E-state index in [1.165, 1.54) is 6.07 Å². The van der Waals surface area contributed by atoms with Crippen LogP contribution in [0.3, 0.4) is 0 Å². The Bertz CT molecular complexity index is 770. The Balaban J connectivity index is 1.70. The first kappa shape index (κ1) is 19.6. The van der Waals surface area contributed by atoms with E-state index in [9.17, 15) is 14.6 Å². The van der Waals surface area contributed by atoms with Crippen molar-refractivity contribution < 1.29 is 24.1 Å². The summed E-state index contributed by atoms with van der Waals surface area (Å²) in [6.07, 6.45) is 1.45. The second kappa shape index (κ2) is 8.69. The number of methoxy groups -OCH3 is 1. The molecular formula is C21H26FNO4. The highest BCUT2D eigenvalue weighted by Gasteiger charge is 2.32. The molecule has 1 heterocycles. The van der Waals surface area contributed by atoms with Gasteiger partial charge in [0, 0.05) is 18.7 Å². The molecule has 0 bridgehead atoms. The Labute approximate surface area is 159 Å². The molecule has 5 nitrogen and oxygen atoms in total. The zero-order valence-electron chi connectivity index (χ0n) is 15.5. The van der Waals surface area contributed by atoms with E-state index in [4.69, 9.17) is 9.47 Å². The monoisotopic (exact) mass is 375 g/mol. The van der Waals surface area contributed by atoms with Gasteiger partial charge in [0.1, 0.15) is 18.0 Å². The number of β-amino-alcohol motifs (C(OH)–C–C–N with tert-alkyl or cyclic N) is 1. The van der Waals surface area contributed by atoms with Gasteiger partial charge >= 0.3 is 0 Å². The Morgan fingerprint density at radius 3 is 2.74 bits per heavy atom. The van der Waals surface area contributed by atoms with E-state index in [0.717, 1.165) is 18.5 Å². The van der Waals surface area contributed by atoms with Crippen LogP contribution >= 0.6 is 0 Å². The van der Waals surface area contributed by atoms with Crippen molar-refractivity contribution in [2.75, 3.05) is 26.8 Å². The number of hydrogen-bond donors (Lipinski definition) is 2. The van der Waals surface area contributed by atoms with Crippen molar-refractivity contribution in [2.45, 2.75) is 31.6 Å². The highest BCUT2D eigenvalue weighted by atomic mass is 19.1. The number of nitrogens with zero attached hydrogens (tertiary/aromatic N) is 1. The van der Waals surface area contributed by atoms with Crippen molar-refractivity contribution in [3.8, 4) is 11.5 Å². The molecule has 1 aliphatic heterocycles. The Morgan fingerprint density at radius 2 is 2.00 bits per heavy atom. The number of hydrogen-bond acceptors (Lipinski definition) is 5. The highest BCUT2D eigenvalue weighted by Crippen LogP contribution is 2.30. The van der Waals surface area contributed by atoms with Gasteiger partial charge < -0.3 is 19.7 Å². The summed E-state index contributed by atoms with van der Waals surface area (Å²) in [5, 5.41) is 19.7. The quantitative estimate of drug-likeness (QED) is 0.779. The lowest BCUT2D eigenvalue weighted by Crippen LogP contribution is -2.50. The van der Waals surface area contributed by atoms with Gasteiger partial charge in [-0.1, -0.05) is 24.3 Å². The average Bonchev–Trinajstić information content (AvgIpc) is 2.67. The van der Waals surface area contributed by atoms with Crippen molar-refractivity contribution in [2.24, 2.45) is 0 Å². The molecule has 2 N–H and O–H groups in total. The van der Waals surface area contributed by atoms with Crippen LogP contribution in [0.4, 0.5) is 4.39 Å². The molecule has 0 aromatic heterocycles. The van der Waals surface area contributed by atoms with Gasteiger partial charge in [0.05, 0.1) is 13.7 Å². The highest BCUT2D eigenvalue weighted by molar-refractivity contribution is 5.43. The minimum absolute atomic E-state index is 0.112. The van der Waals surface area contributed by atoms with Crippen LogP contribution in [-0.2, 0) is 13.2 Å². The van der Waals surface area contributed by atoms with Crippen LogP contribution in [0.2, 0.25) is 0 Å². The summed E-state index contributed by atoms with van der Waals surface area (Å²) in [7, 11) is 1.57. The van der Waals surface area contributed by atoms with Crippen molar-refractivity contribution in [1.82, 2.24) is 4.90 Å². The Morgan fingerprint density at radius 1 is 1.19 bits per heavy atom. The van der Waals surface area contributed by atoms with Gasteiger partial charge in [-0.25, -0.2) is 4.39 Å². The third-order valence-corrected chi connectivity index (χ3v) is 4.90. The topological polar surface area (TPSA) is 62.2 Å². The third-order valence-electron chi connectivity index (χ3n) is 4.90. The minimum atomic E-state index is -1.03. The van der Waals surface area contributed by atoms with Gasteiger partial charge in [0.15, 0.2) is 11.5 Å². The molecule has 6 heteroatoms. The molecule has 1 atom stereocenters. The molecule has 0 saturated carbocycles. The maximum Gasteiger partial charge on any atom is 0.161 e. The van der Waals surface area contributed by atoms with Crippen LogP contribution in [0.1, 0.15) is 24.0 Å². The number of rotatable bonds is 7. The van der Waals surface area contributed by atoms with Crippen molar-refractivity contribution in [1.29, 1.82) is 0 Å². The molecule has 1 fully saturated rings. The third kappa shape index (κ3) is 4.97. The molecule has 0 unspecified atom stereocenters. The van der Waals surface area contributed by atoms with Crippen LogP contribution in [0.25, 0.3) is 0 Å². The van der Waals surface area contributed by atoms with Crippen LogP contribution in [0.15, 0.2) is 42.5 Å². The second-order valence-corrected chi connectivity index (χ2v) is 7.06. The normalized spacial score (nSPS) is 20.4. The standard InChI is InChI=1S/C21H26FNO4/c1-26-19-8-7-16(12-23-10-4-9-21(25,14-23)15-24)11-20(19)27-13-17-5-2-3-6-18(17)22/h2-3,5-8,11,24-25H,4,9-10,12-15H2,1H3/t21-/m0/s1. The molecule has 1 aliphatic rings. The van der Waals surface area contributed by atoms with Gasteiger partial charge in [-0.05, 0) is 43.1 Å². The van der Waals surface area contributed by atoms with Gasteiger partial charge in [-0.15, -0.1) is 0 Å². The number of piperidine rings is 1. The zero-order chi connectivity index (χ0) is 19.3. The summed E-state index contributed by atoms with van der Waals surface area (Å²) >= 11 is 0. The van der Waals surface area contributed by atoms with Crippen molar-refractivity contribution in [3.05, 3.63) is 59.4 Å². The summed E-state index contributed by atoms with van der Waals surface area (Å²) in [5.74, 6) is 0.831. The Hall–Kier alpha value is -2.15. The molecule has 2 aromatic rings. The largest absolute Gasteiger partial charge is 0.493 e. The van der Waals surface area contributed by atoms with Crippen LogP contribution in [0, 0.1) is 5.82 Å². The molecule has 146 valence electrons. The molecule has 2 aromatic carbocycles. The van der Waals surface area contributed by atoms with Gasteiger partial charge in [-0.2, -0.15) is 0 Å². The van der Waals surface area contributed by atoms with Crippen molar-refractivity contribution >= 4 is 0 Å². The number of benzene rings is 2. The molecule has 0 radical (unpaired) electrons. The lowest BCUT2D eigenvalue weighted by atomic mass is 9.93. The van der Waals surface area contributed by atoms with Crippen LogP contribution in [0.5, 0.6) is 11.5 Å². The fourth-order valence-corrected chi connectivity index (χ4v) is 3.43. The lowest BCUT2D eigenvalue weighted by Gasteiger charge is -2.38. The first-order chi connectivity index (χ1) is 13.0. The summed E-state index contributed by atoms with van der Waals surface area (Å²) in [6.45, 7) is 1.80. The molecule has 0 amide bonds. The summed E-state index contributed by atoms with van der Waals surface area (Å²) in [5.41, 5.74) is 0.449. The predicted molar refractivity (Wildman–Crippen MR) is 100 cm³/mol. The molecule has 1 saturated heterocycles. The van der Waals surface area contributed by atoms with Gasteiger partial charge in [0.2, 0.25) is 0 Å². The number of likely N-dealkylation sites (tertiary alicyclic amines) is 1.